The van der Waals surface area contributed by atoms with Crippen molar-refractivity contribution in [3.63, 3.8) is 0 Å². The van der Waals surface area contributed by atoms with Crippen LogP contribution in [0.1, 0.15) is 11.5 Å². The first-order valence-electron chi connectivity index (χ1n) is 19.9. The quantitative estimate of drug-likeness (QED) is 0.176. The average molecular weight is 742 g/mol. The molecular formula is C53H35N5. The molecule has 272 valence electrons. The summed E-state index contributed by atoms with van der Waals surface area (Å²) >= 11 is 0. The Kier molecular flexibility index (Phi) is 7.29. The Bertz CT molecular complexity index is 3240. The maximum atomic E-state index is 5.15. The van der Waals surface area contributed by atoms with Gasteiger partial charge in [-0.1, -0.05) is 176 Å². The van der Waals surface area contributed by atoms with Crippen LogP contribution in [0.15, 0.2) is 200 Å². The standard InChI is InChI=1S/C53H35N5/c1-3-17-35(18-4-1)51-54-52(36-19-5-2-6-20-36)56-53(55-51)44-32-33-48(39-24-10-9-23-38(39)44)58-47-28-14-12-26-41(47)43-31-30-42-40-25-11-13-27-46(40)57(49(42)50(43)58)45-29-15-21-34-16-7-8-22-37(34)45/h1-33,40,46H. The minimum atomic E-state index is 0.142. The van der Waals surface area contributed by atoms with Crippen molar-refractivity contribution in [3.05, 3.63) is 206 Å². The van der Waals surface area contributed by atoms with Crippen LogP contribution in [0, 0.1) is 0 Å². The van der Waals surface area contributed by atoms with Crippen LogP contribution in [0.2, 0.25) is 0 Å². The van der Waals surface area contributed by atoms with Gasteiger partial charge in [-0.3, -0.25) is 0 Å². The van der Waals surface area contributed by atoms with Crippen LogP contribution in [0.4, 0.5) is 11.4 Å². The number of anilines is 2. The number of nitrogens with zero attached hydrogens (tertiary/aromatic N) is 5. The molecule has 5 heteroatoms. The van der Waals surface area contributed by atoms with Crippen molar-refractivity contribution in [3.8, 4) is 39.9 Å². The zero-order chi connectivity index (χ0) is 38.2. The van der Waals surface area contributed by atoms with Crippen molar-refractivity contribution < 1.29 is 0 Å². The third-order valence-electron chi connectivity index (χ3n) is 12.0. The van der Waals surface area contributed by atoms with Gasteiger partial charge in [0.15, 0.2) is 17.5 Å². The highest BCUT2D eigenvalue weighted by atomic mass is 15.2. The lowest BCUT2D eigenvalue weighted by Crippen LogP contribution is -2.28. The molecule has 0 bridgehead atoms. The highest BCUT2D eigenvalue weighted by Crippen LogP contribution is 2.54. The Morgan fingerprint density at radius 3 is 1.81 bits per heavy atom. The molecule has 0 fully saturated rings. The summed E-state index contributed by atoms with van der Waals surface area (Å²) in [7, 11) is 0. The molecule has 58 heavy (non-hydrogen) atoms. The Labute approximate surface area is 335 Å². The summed E-state index contributed by atoms with van der Waals surface area (Å²) in [5, 5.41) is 7.14. The van der Waals surface area contributed by atoms with Crippen LogP contribution in [0.5, 0.6) is 0 Å². The van der Waals surface area contributed by atoms with Gasteiger partial charge in [-0.05, 0) is 40.6 Å². The van der Waals surface area contributed by atoms with Gasteiger partial charge in [0.1, 0.15) is 0 Å². The fraction of sp³-hybridized carbons (Fsp3) is 0.0377. The molecule has 0 saturated carbocycles. The minimum Gasteiger partial charge on any atom is -0.331 e. The van der Waals surface area contributed by atoms with E-state index in [2.05, 4.69) is 173 Å². The third-order valence-corrected chi connectivity index (χ3v) is 12.0. The number of benzene rings is 8. The van der Waals surface area contributed by atoms with Gasteiger partial charge in [0, 0.05) is 49.8 Å². The molecule has 0 radical (unpaired) electrons. The van der Waals surface area contributed by atoms with Gasteiger partial charge in [-0.15, -0.1) is 0 Å². The lowest BCUT2D eigenvalue weighted by molar-refractivity contribution is 0.746. The third kappa shape index (κ3) is 4.93. The second-order valence-corrected chi connectivity index (χ2v) is 15.1. The Hall–Kier alpha value is -7.63. The van der Waals surface area contributed by atoms with Crippen LogP contribution in [0.25, 0.3) is 83.2 Å². The van der Waals surface area contributed by atoms with E-state index in [0.29, 0.717) is 17.5 Å². The summed E-state index contributed by atoms with van der Waals surface area (Å²) in [5.41, 5.74) is 10.1. The first-order chi connectivity index (χ1) is 28.8. The first-order valence-corrected chi connectivity index (χ1v) is 19.9. The number of aromatic nitrogens is 4. The topological polar surface area (TPSA) is 46.8 Å². The SMILES string of the molecule is C1=CC2c3ccc4c5ccccc5n(-c5ccc(-c6nc(-c7ccccc7)nc(-c7ccccc7)n6)c6ccccc56)c4c3N(c3cccc4ccccc34)C2C=C1. The molecule has 0 amide bonds. The normalized spacial score (nSPS) is 15.8. The van der Waals surface area contributed by atoms with Crippen LogP contribution < -0.4 is 4.90 Å². The summed E-state index contributed by atoms with van der Waals surface area (Å²) in [6.07, 6.45) is 9.16. The van der Waals surface area contributed by atoms with Gasteiger partial charge in [-0.2, -0.15) is 0 Å². The predicted molar refractivity (Wildman–Crippen MR) is 239 cm³/mol. The summed E-state index contributed by atoms with van der Waals surface area (Å²) in [6, 6.07) is 62.7. The van der Waals surface area contributed by atoms with Crippen molar-refractivity contribution in [2.45, 2.75) is 12.0 Å². The van der Waals surface area contributed by atoms with E-state index in [-0.39, 0.29) is 12.0 Å². The fourth-order valence-electron chi connectivity index (χ4n) is 9.41. The Balaban J connectivity index is 1.14. The second kappa shape index (κ2) is 13.0. The van der Waals surface area contributed by atoms with E-state index in [4.69, 9.17) is 15.0 Å². The number of para-hydroxylation sites is 1. The average Bonchev–Trinajstić information content (AvgIpc) is 3.82. The fourth-order valence-corrected chi connectivity index (χ4v) is 9.41. The van der Waals surface area contributed by atoms with Crippen molar-refractivity contribution in [2.24, 2.45) is 0 Å². The monoisotopic (exact) mass is 741 g/mol. The van der Waals surface area contributed by atoms with Gasteiger partial charge >= 0.3 is 0 Å². The van der Waals surface area contributed by atoms with E-state index >= 15 is 0 Å². The number of fused-ring (bicyclic) bond motifs is 9. The molecule has 1 aliphatic heterocycles. The van der Waals surface area contributed by atoms with E-state index in [0.717, 1.165) is 33.2 Å². The number of rotatable bonds is 5. The molecule has 0 spiro atoms. The molecule has 12 rings (SSSR count). The van der Waals surface area contributed by atoms with E-state index < -0.39 is 0 Å². The smallest absolute Gasteiger partial charge is 0.164 e. The molecule has 5 nitrogen and oxygen atoms in total. The summed E-state index contributed by atoms with van der Waals surface area (Å²) in [5.74, 6) is 2.15. The van der Waals surface area contributed by atoms with Crippen molar-refractivity contribution in [2.75, 3.05) is 4.90 Å². The van der Waals surface area contributed by atoms with Crippen LogP contribution in [-0.2, 0) is 0 Å². The molecular weight excluding hydrogens is 707 g/mol. The maximum Gasteiger partial charge on any atom is 0.164 e. The number of hydrogen-bond donors (Lipinski definition) is 0. The molecule has 2 atom stereocenters. The zero-order valence-electron chi connectivity index (χ0n) is 31.4. The predicted octanol–water partition coefficient (Wildman–Crippen LogP) is 13.0. The molecule has 2 unspecified atom stereocenters. The van der Waals surface area contributed by atoms with Crippen molar-refractivity contribution >= 4 is 54.7 Å². The van der Waals surface area contributed by atoms with Crippen LogP contribution in [-0.4, -0.2) is 25.6 Å². The summed E-state index contributed by atoms with van der Waals surface area (Å²) in [6.45, 7) is 0. The van der Waals surface area contributed by atoms with E-state index in [1.165, 1.54) is 49.5 Å². The summed E-state index contributed by atoms with van der Waals surface area (Å²) < 4.78 is 2.51. The van der Waals surface area contributed by atoms with Crippen LogP contribution >= 0.6 is 0 Å². The molecule has 8 aromatic carbocycles. The maximum absolute atomic E-state index is 5.15. The van der Waals surface area contributed by atoms with Gasteiger partial charge in [-0.25, -0.2) is 15.0 Å². The van der Waals surface area contributed by atoms with Crippen molar-refractivity contribution in [1.82, 2.24) is 19.5 Å². The highest BCUT2D eigenvalue weighted by molar-refractivity contribution is 6.17. The van der Waals surface area contributed by atoms with Gasteiger partial charge in [0.25, 0.3) is 0 Å². The van der Waals surface area contributed by atoms with Gasteiger partial charge in [0.05, 0.1) is 28.5 Å². The zero-order valence-corrected chi connectivity index (χ0v) is 31.4. The summed E-state index contributed by atoms with van der Waals surface area (Å²) in [4.78, 5) is 17.9. The van der Waals surface area contributed by atoms with Crippen molar-refractivity contribution in [1.29, 1.82) is 0 Å². The molecule has 2 aliphatic rings. The molecule has 3 heterocycles. The molecule has 10 aromatic rings. The first kappa shape index (κ1) is 32.6. The minimum absolute atomic E-state index is 0.142. The van der Waals surface area contributed by atoms with Gasteiger partial charge in [0.2, 0.25) is 0 Å². The second-order valence-electron chi connectivity index (χ2n) is 15.1. The lowest BCUT2D eigenvalue weighted by Gasteiger charge is -2.30. The van der Waals surface area contributed by atoms with E-state index in [1.54, 1.807) is 0 Å². The number of hydrogen-bond acceptors (Lipinski definition) is 4. The Morgan fingerprint density at radius 2 is 1.03 bits per heavy atom. The molecule has 0 saturated heterocycles. The lowest BCUT2D eigenvalue weighted by atomic mass is 9.91. The molecule has 1 aliphatic carbocycles. The molecule has 2 aromatic heterocycles. The number of allylic oxidation sites excluding steroid dienone is 2. The van der Waals surface area contributed by atoms with Gasteiger partial charge < -0.3 is 9.47 Å². The Morgan fingerprint density at radius 1 is 0.414 bits per heavy atom. The highest BCUT2D eigenvalue weighted by Gasteiger charge is 2.40. The molecule has 0 N–H and O–H groups in total. The van der Waals surface area contributed by atoms with E-state index in [9.17, 15) is 0 Å². The largest absolute Gasteiger partial charge is 0.331 e. The van der Waals surface area contributed by atoms with Crippen LogP contribution in [0.3, 0.4) is 0 Å². The van der Waals surface area contributed by atoms with E-state index in [1.807, 2.05) is 36.4 Å².